The maximum Gasteiger partial charge on any atom is 0.337 e. The second-order valence-corrected chi connectivity index (χ2v) is 6.87. The average molecular weight is 315 g/mol. The number of carboxylic acids is 1. The standard InChI is InChI=1S/C12H17N3O5S/c1-12(2,11(14)18)6-15-21(19,20)9-4-3-7(13)5-8(9)10(16)17/h3-5,15H,6,13H2,1-2H3,(H2,14,18)(H,16,17). The normalized spacial score (nSPS) is 12.1. The molecule has 6 N–H and O–H groups in total. The number of nitrogens with two attached hydrogens (primary N) is 2. The van der Waals surface area contributed by atoms with Gasteiger partial charge in [-0.3, -0.25) is 4.79 Å². The molecule has 8 nitrogen and oxygen atoms in total. The zero-order valence-corrected chi connectivity index (χ0v) is 12.4. The maximum absolute atomic E-state index is 12.2. The van der Waals surface area contributed by atoms with Crippen LogP contribution in [0.15, 0.2) is 23.1 Å². The molecule has 0 aromatic heterocycles. The fourth-order valence-corrected chi connectivity index (χ4v) is 2.78. The van der Waals surface area contributed by atoms with E-state index in [9.17, 15) is 18.0 Å². The van der Waals surface area contributed by atoms with Gasteiger partial charge in [0.1, 0.15) is 0 Å². The number of carbonyl (C=O) groups is 2. The molecule has 0 fully saturated rings. The number of rotatable bonds is 6. The number of amides is 1. The van der Waals surface area contributed by atoms with Crippen molar-refractivity contribution in [2.24, 2.45) is 11.1 Å². The number of benzene rings is 1. The topological polar surface area (TPSA) is 153 Å². The molecule has 1 aromatic carbocycles. The number of carboxylic acid groups (broad SMARTS) is 1. The Morgan fingerprint density at radius 2 is 1.90 bits per heavy atom. The largest absolute Gasteiger partial charge is 0.478 e. The molecule has 21 heavy (non-hydrogen) atoms. The summed E-state index contributed by atoms with van der Waals surface area (Å²) in [5.41, 5.74) is 9.18. The lowest BCUT2D eigenvalue weighted by atomic mass is 9.93. The zero-order chi connectivity index (χ0) is 16.4. The number of nitrogens with one attached hydrogen (secondary N) is 1. The van der Waals surface area contributed by atoms with Gasteiger partial charge in [0.2, 0.25) is 15.9 Å². The van der Waals surface area contributed by atoms with Crippen LogP contribution in [0.2, 0.25) is 0 Å². The van der Waals surface area contributed by atoms with E-state index in [1.807, 2.05) is 0 Å². The molecule has 0 aliphatic heterocycles. The zero-order valence-electron chi connectivity index (χ0n) is 11.6. The van der Waals surface area contributed by atoms with E-state index in [4.69, 9.17) is 16.6 Å². The number of hydrogen-bond acceptors (Lipinski definition) is 5. The molecule has 0 saturated carbocycles. The molecule has 9 heteroatoms. The van der Waals surface area contributed by atoms with Crippen LogP contribution in [0.4, 0.5) is 5.69 Å². The van der Waals surface area contributed by atoms with Gasteiger partial charge in [-0.05, 0) is 32.0 Å². The van der Waals surface area contributed by atoms with Crippen LogP contribution in [0.5, 0.6) is 0 Å². The quantitative estimate of drug-likeness (QED) is 0.531. The Hall–Kier alpha value is -2.13. The van der Waals surface area contributed by atoms with Crippen LogP contribution in [0, 0.1) is 5.41 Å². The molecule has 0 spiro atoms. The second kappa shape index (κ2) is 5.70. The van der Waals surface area contributed by atoms with Gasteiger partial charge in [-0.1, -0.05) is 0 Å². The third kappa shape index (κ3) is 3.92. The van der Waals surface area contributed by atoms with E-state index in [0.717, 1.165) is 12.1 Å². The number of carbonyl (C=O) groups excluding carboxylic acids is 1. The molecule has 0 unspecified atom stereocenters. The van der Waals surface area contributed by atoms with Gasteiger partial charge in [0.05, 0.1) is 15.9 Å². The molecule has 0 heterocycles. The van der Waals surface area contributed by atoms with Crippen molar-refractivity contribution in [1.29, 1.82) is 0 Å². The first-order valence-electron chi connectivity index (χ1n) is 5.90. The summed E-state index contributed by atoms with van der Waals surface area (Å²) in [6, 6.07) is 3.43. The van der Waals surface area contributed by atoms with Gasteiger partial charge in [-0.15, -0.1) is 0 Å². The average Bonchev–Trinajstić information content (AvgIpc) is 2.36. The summed E-state index contributed by atoms with van der Waals surface area (Å²) in [5.74, 6) is -2.10. The molecule has 0 atom stereocenters. The molecule has 1 aromatic rings. The van der Waals surface area contributed by atoms with Crippen molar-refractivity contribution in [2.45, 2.75) is 18.7 Å². The van der Waals surface area contributed by atoms with Gasteiger partial charge in [0, 0.05) is 12.2 Å². The van der Waals surface area contributed by atoms with Gasteiger partial charge in [-0.2, -0.15) is 0 Å². The highest BCUT2D eigenvalue weighted by molar-refractivity contribution is 7.89. The van der Waals surface area contributed by atoms with E-state index in [0.29, 0.717) is 0 Å². The van der Waals surface area contributed by atoms with Crippen LogP contribution in [-0.4, -0.2) is 31.9 Å². The van der Waals surface area contributed by atoms with Crippen LogP contribution in [-0.2, 0) is 14.8 Å². The Morgan fingerprint density at radius 3 is 2.38 bits per heavy atom. The van der Waals surface area contributed by atoms with Crippen molar-refractivity contribution < 1.29 is 23.1 Å². The summed E-state index contributed by atoms with van der Waals surface area (Å²) < 4.78 is 26.5. The highest BCUT2D eigenvalue weighted by Crippen LogP contribution is 2.20. The summed E-state index contributed by atoms with van der Waals surface area (Å²) in [4.78, 5) is 21.9. The van der Waals surface area contributed by atoms with Crippen LogP contribution >= 0.6 is 0 Å². The number of nitrogen functional groups attached to an aromatic ring is 1. The van der Waals surface area contributed by atoms with Crippen LogP contribution in [0.3, 0.4) is 0 Å². The number of hydrogen-bond donors (Lipinski definition) is 4. The summed E-state index contributed by atoms with van der Waals surface area (Å²) in [6.45, 7) is 2.69. The lowest BCUT2D eigenvalue weighted by Crippen LogP contribution is -2.42. The molecular weight excluding hydrogens is 298 g/mol. The summed E-state index contributed by atoms with van der Waals surface area (Å²) in [5, 5.41) is 9.05. The molecule has 0 saturated heterocycles. The maximum atomic E-state index is 12.2. The minimum atomic E-state index is -4.11. The molecule has 0 aliphatic rings. The number of sulfonamides is 1. The first kappa shape index (κ1) is 16.9. The van der Waals surface area contributed by atoms with E-state index < -0.39 is 37.8 Å². The van der Waals surface area contributed by atoms with Crippen LogP contribution in [0.1, 0.15) is 24.2 Å². The summed E-state index contributed by atoms with van der Waals surface area (Å²) in [7, 11) is -4.11. The first-order chi connectivity index (χ1) is 9.47. The fourth-order valence-electron chi connectivity index (χ4n) is 1.39. The van der Waals surface area contributed by atoms with Gasteiger partial charge in [0.15, 0.2) is 0 Å². The highest BCUT2D eigenvalue weighted by atomic mass is 32.2. The van der Waals surface area contributed by atoms with Crippen LogP contribution < -0.4 is 16.2 Å². The number of primary amides is 1. The van der Waals surface area contributed by atoms with Gasteiger partial charge < -0.3 is 16.6 Å². The summed E-state index contributed by atoms with van der Waals surface area (Å²) in [6.07, 6.45) is 0. The number of aromatic carboxylic acids is 1. The van der Waals surface area contributed by atoms with Crippen molar-refractivity contribution in [3.05, 3.63) is 23.8 Å². The lowest BCUT2D eigenvalue weighted by Gasteiger charge is -2.21. The molecule has 0 aliphatic carbocycles. The van der Waals surface area contributed by atoms with Gasteiger partial charge in [-0.25, -0.2) is 17.9 Å². The van der Waals surface area contributed by atoms with E-state index in [2.05, 4.69) is 4.72 Å². The Labute approximate surface area is 122 Å². The van der Waals surface area contributed by atoms with E-state index in [1.54, 1.807) is 0 Å². The van der Waals surface area contributed by atoms with Gasteiger partial charge >= 0.3 is 5.97 Å². The fraction of sp³-hybridized carbons (Fsp3) is 0.333. The highest BCUT2D eigenvalue weighted by Gasteiger charge is 2.29. The Bertz CT molecular complexity index is 682. The van der Waals surface area contributed by atoms with Crippen molar-refractivity contribution in [2.75, 3.05) is 12.3 Å². The third-order valence-electron chi connectivity index (χ3n) is 2.89. The van der Waals surface area contributed by atoms with Crippen LogP contribution in [0.25, 0.3) is 0 Å². The second-order valence-electron chi connectivity index (χ2n) is 5.13. The minimum absolute atomic E-state index is 0.129. The smallest absolute Gasteiger partial charge is 0.337 e. The lowest BCUT2D eigenvalue weighted by molar-refractivity contribution is -0.125. The Balaban J connectivity index is 3.15. The van der Waals surface area contributed by atoms with E-state index in [-0.39, 0.29) is 12.2 Å². The minimum Gasteiger partial charge on any atom is -0.478 e. The number of anilines is 1. The van der Waals surface area contributed by atoms with E-state index >= 15 is 0 Å². The van der Waals surface area contributed by atoms with Gasteiger partial charge in [0.25, 0.3) is 0 Å². The molecule has 1 rings (SSSR count). The predicted octanol–water partition coefficient (Wildman–Crippen LogP) is -0.243. The Kier molecular flexibility index (Phi) is 4.59. The monoisotopic (exact) mass is 315 g/mol. The first-order valence-corrected chi connectivity index (χ1v) is 7.38. The Morgan fingerprint density at radius 1 is 1.33 bits per heavy atom. The SMILES string of the molecule is CC(C)(CNS(=O)(=O)c1ccc(N)cc1C(=O)O)C(N)=O. The van der Waals surface area contributed by atoms with Crippen molar-refractivity contribution in [3.63, 3.8) is 0 Å². The molecule has 116 valence electrons. The molecular formula is C12H17N3O5S. The van der Waals surface area contributed by atoms with Crippen molar-refractivity contribution in [1.82, 2.24) is 4.72 Å². The van der Waals surface area contributed by atoms with Crippen molar-refractivity contribution in [3.8, 4) is 0 Å². The molecule has 1 amide bonds. The predicted molar refractivity (Wildman–Crippen MR) is 76.0 cm³/mol. The van der Waals surface area contributed by atoms with Crippen molar-refractivity contribution >= 4 is 27.6 Å². The van der Waals surface area contributed by atoms with E-state index in [1.165, 1.54) is 19.9 Å². The molecule has 0 bridgehead atoms. The third-order valence-corrected chi connectivity index (χ3v) is 4.35. The summed E-state index contributed by atoms with van der Waals surface area (Å²) >= 11 is 0. The molecule has 0 radical (unpaired) electrons.